The number of aryl methyl sites for hydroxylation is 1. The molecule has 0 saturated heterocycles. The van der Waals surface area contributed by atoms with Crippen LogP contribution in [0.3, 0.4) is 0 Å². The highest BCUT2D eigenvalue weighted by molar-refractivity contribution is 7.99. The topological polar surface area (TPSA) is 32.3 Å². The lowest BCUT2D eigenvalue weighted by Crippen LogP contribution is -2.31. The van der Waals surface area contributed by atoms with Crippen LogP contribution in [0.1, 0.15) is 30.5 Å². The average molecular weight is 299 g/mol. The van der Waals surface area contributed by atoms with Crippen LogP contribution >= 0.6 is 11.8 Å². The number of phenolic OH excluding ortho intramolecular Hbond substituents is 1. The van der Waals surface area contributed by atoms with Crippen molar-refractivity contribution in [2.45, 2.75) is 36.7 Å². The Morgan fingerprint density at radius 1 is 1.19 bits per heavy atom. The first kappa shape index (κ1) is 14.5. The molecule has 0 bridgehead atoms. The van der Waals surface area contributed by atoms with Gasteiger partial charge in [-0.25, -0.2) is 0 Å². The smallest absolute Gasteiger partial charge is 0.115 e. The molecule has 3 heteroatoms. The van der Waals surface area contributed by atoms with Crippen LogP contribution in [-0.4, -0.2) is 16.9 Å². The number of benzene rings is 2. The van der Waals surface area contributed by atoms with Gasteiger partial charge in [-0.3, -0.25) is 0 Å². The lowest BCUT2D eigenvalue weighted by molar-refractivity contribution is 0.460. The summed E-state index contributed by atoms with van der Waals surface area (Å²) < 4.78 is 0. The van der Waals surface area contributed by atoms with Crippen LogP contribution in [-0.2, 0) is 6.42 Å². The fourth-order valence-corrected chi connectivity index (χ4v) is 3.95. The van der Waals surface area contributed by atoms with Crippen molar-refractivity contribution in [3.8, 4) is 5.75 Å². The third-order valence-electron chi connectivity index (χ3n) is 3.99. The van der Waals surface area contributed by atoms with Gasteiger partial charge in [-0.1, -0.05) is 30.3 Å². The summed E-state index contributed by atoms with van der Waals surface area (Å²) in [5.74, 6) is 1.47. The molecule has 2 N–H and O–H groups in total. The second kappa shape index (κ2) is 6.54. The Hall–Kier alpha value is -1.45. The number of fused-ring (bicyclic) bond motifs is 1. The van der Waals surface area contributed by atoms with E-state index in [9.17, 15) is 5.11 Å². The molecule has 0 spiro atoms. The van der Waals surface area contributed by atoms with Crippen molar-refractivity contribution in [3.05, 3.63) is 59.7 Å². The quantitative estimate of drug-likeness (QED) is 0.870. The number of rotatable bonds is 5. The van der Waals surface area contributed by atoms with Crippen LogP contribution in [0.5, 0.6) is 5.75 Å². The molecule has 2 aromatic rings. The zero-order valence-electron chi connectivity index (χ0n) is 12.3. The molecule has 0 aliphatic carbocycles. The Balaban J connectivity index is 1.53. The summed E-state index contributed by atoms with van der Waals surface area (Å²) in [5.41, 5.74) is 2.72. The van der Waals surface area contributed by atoms with E-state index in [1.165, 1.54) is 16.0 Å². The highest BCUT2D eigenvalue weighted by Crippen LogP contribution is 2.38. The SMILES string of the molecule is CC(CCc1ccc(O)cc1)NC1CSc2ccccc21. The molecule has 0 saturated carbocycles. The molecule has 0 radical (unpaired) electrons. The highest BCUT2D eigenvalue weighted by atomic mass is 32.2. The highest BCUT2D eigenvalue weighted by Gasteiger charge is 2.23. The van der Waals surface area contributed by atoms with E-state index in [1.54, 1.807) is 12.1 Å². The lowest BCUT2D eigenvalue weighted by atomic mass is 10.0. The van der Waals surface area contributed by atoms with E-state index in [0.717, 1.165) is 18.6 Å². The van der Waals surface area contributed by atoms with Gasteiger partial charge in [0.15, 0.2) is 0 Å². The number of thioether (sulfide) groups is 1. The Bertz CT molecular complexity index is 596. The molecule has 0 fully saturated rings. The van der Waals surface area contributed by atoms with Crippen LogP contribution in [0.2, 0.25) is 0 Å². The van der Waals surface area contributed by atoms with Crippen LogP contribution in [0, 0.1) is 0 Å². The van der Waals surface area contributed by atoms with E-state index in [0.29, 0.717) is 17.8 Å². The first-order valence-corrected chi connectivity index (χ1v) is 8.46. The molecule has 1 aliphatic heterocycles. The van der Waals surface area contributed by atoms with E-state index in [2.05, 4.69) is 36.5 Å². The molecule has 1 aliphatic rings. The van der Waals surface area contributed by atoms with Crippen LogP contribution in [0.25, 0.3) is 0 Å². The van der Waals surface area contributed by atoms with Crippen molar-refractivity contribution >= 4 is 11.8 Å². The molecule has 3 rings (SSSR count). The monoisotopic (exact) mass is 299 g/mol. The summed E-state index contributed by atoms with van der Waals surface area (Å²) in [6.45, 7) is 2.26. The van der Waals surface area contributed by atoms with Crippen LogP contribution in [0.15, 0.2) is 53.4 Å². The third kappa shape index (κ3) is 3.60. The standard InChI is InChI=1S/C18H21NOS/c1-13(6-7-14-8-10-15(20)11-9-14)19-17-12-21-18-5-3-2-4-16(17)18/h2-5,8-11,13,17,19-20H,6-7,12H2,1H3. The summed E-state index contributed by atoms with van der Waals surface area (Å²) in [5, 5.41) is 13.0. The number of hydrogen-bond donors (Lipinski definition) is 2. The first-order chi connectivity index (χ1) is 10.2. The molecule has 2 unspecified atom stereocenters. The summed E-state index contributed by atoms with van der Waals surface area (Å²) in [6.07, 6.45) is 2.14. The molecule has 2 aromatic carbocycles. The van der Waals surface area contributed by atoms with Gasteiger partial charge in [0.2, 0.25) is 0 Å². The normalized spacial score (nSPS) is 18.4. The summed E-state index contributed by atoms with van der Waals surface area (Å²) >= 11 is 1.94. The molecule has 21 heavy (non-hydrogen) atoms. The molecule has 0 aromatic heterocycles. The van der Waals surface area contributed by atoms with Crippen molar-refractivity contribution < 1.29 is 5.11 Å². The second-order valence-corrected chi connectivity index (χ2v) is 6.74. The predicted octanol–water partition coefficient (Wildman–Crippen LogP) is 4.15. The summed E-state index contributed by atoms with van der Waals surface area (Å²) in [6, 6.07) is 17.2. The van der Waals surface area contributed by atoms with Crippen LogP contribution in [0.4, 0.5) is 0 Å². The van der Waals surface area contributed by atoms with E-state index >= 15 is 0 Å². The Morgan fingerprint density at radius 2 is 1.95 bits per heavy atom. The maximum absolute atomic E-state index is 9.30. The largest absolute Gasteiger partial charge is 0.508 e. The molecular weight excluding hydrogens is 278 g/mol. The van der Waals surface area contributed by atoms with E-state index in [-0.39, 0.29) is 0 Å². The van der Waals surface area contributed by atoms with Gasteiger partial charge >= 0.3 is 0 Å². The molecule has 2 atom stereocenters. The third-order valence-corrected chi connectivity index (χ3v) is 5.17. The van der Waals surface area contributed by atoms with E-state index in [4.69, 9.17) is 0 Å². The number of phenols is 1. The van der Waals surface area contributed by atoms with Crippen LogP contribution < -0.4 is 5.32 Å². The van der Waals surface area contributed by atoms with Gasteiger partial charge in [0.1, 0.15) is 5.75 Å². The molecule has 1 heterocycles. The van der Waals surface area contributed by atoms with Crippen molar-refractivity contribution in [1.29, 1.82) is 0 Å². The Kier molecular flexibility index (Phi) is 4.51. The van der Waals surface area contributed by atoms with Gasteiger partial charge in [0.25, 0.3) is 0 Å². The zero-order valence-corrected chi connectivity index (χ0v) is 13.1. The average Bonchev–Trinajstić information content (AvgIpc) is 2.90. The maximum atomic E-state index is 9.30. The van der Waals surface area contributed by atoms with Gasteiger partial charge < -0.3 is 10.4 Å². The molecule has 2 nitrogen and oxygen atoms in total. The molecule has 0 amide bonds. The first-order valence-electron chi connectivity index (χ1n) is 7.48. The van der Waals surface area contributed by atoms with Crippen molar-refractivity contribution in [3.63, 3.8) is 0 Å². The minimum atomic E-state index is 0.338. The summed E-state index contributed by atoms with van der Waals surface area (Å²) in [7, 11) is 0. The Morgan fingerprint density at radius 3 is 2.76 bits per heavy atom. The van der Waals surface area contributed by atoms with Crippen molar-refractivity contribution in [2.75, 3.05) is 5.75 Å². The number of nitrogens with one attached hydrogen (secondary N) is 1. The minimum Gasteiger partial charge on any atom is -0.508 e. The minimum absolute atomic E-state index is 0.338. The van der Waals surface area contributed by atoms with Crippen molar-refractivity contribution in [1.82, 2.24) is 5.32 Å². The second-order valence-electron chi connectivity index (χ2n) is 5.67. The zero-order chi connectivity index (χ0) is 14.7. The van der Waals surface area contributed by atoms with E-state index < -0.39 is 0 Å². The maximum Gasteiger partial charge on any atom is 0.115 e. The molecular formula is C18H21NOS. The lowest BCUT2D eigenvalue weighted by Gasteiger charge is -2.20. The summed E-state index contributed by atoms with van der Waals surface area (Å²) in [4.78, 5) is 1.42. The van der Waals surface area contributed by atoms with Gasteiger partial charge in [-0.05, 0) is 49.1 Å². The number of aromatic hydroxyl groups is 1. The van der Waals surface area contributed by atoms with Gasteiger partial charge in [-0.2, -0.15) is 0 Å². The number of hydrogen-bond acceptors (Lipinski definition) is 3. The van der Waals surface area contributed by atoms with Gasteiger partial charge in [-0.15, -0.1) is 11.8 Å². The molecule has 110 valence electrons. The Labute approximate surface area is 130 Å². The van der Waals surface area contributed by atoms with Gasteiger partial charge in [0.05, 0.1) is 0 Å². The van der Waals surface area contributed by atoms with E-state index in [1.807, 2.05) is 23.9 Å². The van der Waals surface area contributed by atoms with Gasteiger partial charge in [0, 0.05) is 22.7 Å². The fourth-order valence-electron chi connectivity index (χ4n) is 2.77. The fraction of sp³-hybridized carbons (Fsp3) is 0.333. The van der Waals surface area contributed by atoms with Crippen molar-refractivity contribution in [2.24, 2.45) is 0 Å². The predicted molar refractivity (Wildman–Crippen MR) is 88.9 cm³/mol.